The van der Waals surface area contributed by atoms with Gasteiger partial charge in [-0.05, 0) is 48.4 Å². The van der Waals surface area contributed by atoms with E-state index in [-0.39, 0.29) is 29.8 Å². The summed E-state index contributed by atoms with van der Waals surface area (Å²) in [7, 11) is 0. The predicted molar refractivity (Wildman–Crippen MR) is 123 cm³/mol. The van der Waals surface area contributed by atoms with E-state index in [1.165, 1.54) is 10.5 Å². The Morgan fingerprint density at radius 2 is 1.56 bits per heavy atom. The number of hydrogen-bond donors (Lipinski definition) is 1. The molecule has 0 aromatic heterocycles. The molecule has 6 heteroatoms. The predicted octanol–water partition coefficient (Wildman–Crippen LogP) is 4.02. The first-order valence-electron chi connectivity index (χ1n) is 11.2. The Hall–Kier alpha value is -3.15. The molecule has 0 aliphatic carbocycles. The maximum absolute atomic E-state index is 13.2. The molecule has 2 aromatic rings. The number of nitrogens with one attached hydrogen (secondary N) is 1. The number of carbonyl (C=O) groups is 3. The standard InChI is InChI=1S/C26H31N3O3/c1-18-5-7-19(8-6-18)17-29-23(31)26(27-24(29)32)13-15-28(16-14-26)22(30)20-9-11-21(12-10-20)25(2,3)4/h5-12H,13-17H2,1-4H3,(H,27,32). The fraction of sp³-hybridized carbons (Fsp3) is 0.423. The third kappa shape index (κ3) is 4.14. The second-order valence-corrected chi connectivity index (χ2v) is 10.0. The van der Waals surface area contributed by atoms with Crippen molar-refractivity contribution in [1.82, 2.24) is 15.1 Å². The van der Waals surface area contributed by atoms with Gasteiger partial charge in [-0.15, -0.1) is 0 Å². The second-order valence-electron chi connectivity index (χ2n) is 10.0. The molecule has 0 saturated carbocycles. The summed E-state index contributed by atoms with van der Waals surface area (Å²) in [5, 5.41) is 2.92. The average molecular weight is 434 g/mol. The molecule has 0 radical (unpaired) electrons. The van der Waals surface area contributed by atoms with Gasteiger partial charge in [0, 0.05) is 18.7 Å². The third-order valence-electron chi connectivity index (χ3n) is 6.61. The first-order chi connectivity index (χ1) is 15.1. The van der Waals surface area contributed by atoms with Crippen LogP contribution in [0, 0.1) is 6.92 Å². The van der Waals surface area contributed by atoms with E-state index in [1.54, 1.807) is 4.90 Å². The van der Waals surface area contributed by atoms with Crippen molar-refractivity contribution in [2.24, 2.45) is 0 Å². The van der Waals surface area contributed by atoms with Crippen molar-refractivity contribution < 1.29 is 14.4 Å². The third-order valence-corrected chi connectivity index (χ3v) is 6.61. The number of aryl methyl sites for hydroxylation is 1. The number of piperidine rings is 1. The molecular formula is C26H31N3O3. The Morgan fingerprint density at radius 3 is 2.12 bits per heavy atom. The number of likely N-dealkylation sites (tertiary alicyclic amines) is 1. The van der Waals surface area contributed by atoms with E-state index < -0.39 is 5.54 Å². The summed E-state index contributed by atoms with van der Waals surface area (Å²) in [4.78, 5) is 41.8. The zero-order chi connectivity index (χ0) is 23.1. The first kappa shape index (κ1) is 22.1. The van der Waals surface area contributed by atoms with Gasteiger partial charge in [0.05, 0.1) is 6.54 Å². The van der Waals surface area contributed by atoms with Gasteiger partial charge in [0.2, 0.25) is 0 Å². The van der Waals surface area contributed by atoms with Crippen LogP contribution in [0.2, 0.25) is 0 Å². The fourth-order valence-corrected chi connectivity index (χ4v) is 4.42. The largest absolute Gasteiger partial charge is 0.338 e. The summed E-state index contributed by atoms with van der Waals surface area (Å²) < 4.78 is 0. The molecule has 2 aliphatic rings. The molecule has 0 unspecified atom stereocenters. The van der Waals surface area contributed by atoms with Crippen LogP contribution < -0.4 is 5.32 Å². The van der Waals surface area contributed by atoms with Gasteiger partial charge >= 0.3 is 6.03 Å². The van der Waals surface area contributed by atoms with Crippen molar-refractivity contribution in [2.45, 2.75) is 58.0 Å². The molecule has 6 nitrogen and oxygen atoms in total. The second kappa shape index (κ2) is 8.08. The Labute approximate surface area is 189 Å². The van der Waals surface area contributed by atoms with Crippen molar-refractivity contribution >= 4 is 17.8 Å². The van der Waals surface area contributed by atoms with Crippen LogP contribution in [0.5, 0.6) is 0 Å². The molecule has 2 heterocycles. The molecule has 32 heavy (non-hydrogen) atoms. The Balaban J connectivity index is 1.41. The zero-order valence-corrected chi connectivity index (χ0v) is 19.3. The molecule has 4 amide bonds. The van der Waals surface area contributed by atoms with Crippen LogP contribution in [0.15, 0.2) is 48.5 Å². The molecule has 4 rings (SSSR count). The van der Waals surface area contributed by atoms with Crippen LogP contribution >= 0.6 is 0 Å². The van der Waals surface area contributed by atoms with Crippen molar-refractivity contribution in [3.8, 4) is 0 Å². The number of imide groups is 1. The normalized spacial score (nSPS) is 18.2. The lowest BCUT2D eigenvalue weighted by atomic mass is 9.86. The van der Waals surface area contributed by atoms with Crippen molar-refractivity contribution in [1.29, 1.82) is 0 Å². The van der Waals surface area contributed by atoms with Gasteiger partial charge in [0.15, 0.2) is 0 Å². The molecule has 0 bridgehead atoms. The quantitative estimate of drug-likeness (QED) is 0.744. The smallest absolute Gasteiger partial charge is 0.325 e. The molecule has 168 valence electrons. The van der Waals surface area contributed by atoms with Crippen molar-refractivity contribution in [2.75, 3.05) is 13.1 Å². The molecule has 2 aliphatic heterocycles. The summed E-state index contributed by atoms with van der Waals surface area (Å²) in [6, 6.07) is 15.2. The van der Waals surface area contributed by atoms with Gasteiger partial charge in [-0.1, -0.05) is 62.7 Å². The molecular weight excluding hydrogens is 402 g/mol. The molecule has 2 aromatic carbocycles. The van der Waals surface area contributed by atoms with E-state index in [2.05, 4.69) is 26.1 Å². The van der Waals surface area contributed by atoms with Gasteiger partial charge in [-0.3, -0.25) is 14.5 Å². The Kier molecular flexibility index (Phi) is 5.57. The molecule has 1 N–H and O–H groups in total. The van der Waals surface area contributed by atoms with Crippen LogP contribution in [0.4, 0.5) is 4.79 Å². The molecule has 2 fully saturated rings. The maximum atomic E-state index is 13.2. The lowest BCUT2D eigenvalue weighted by Crippen LogP contribution is -2.55. The minimum atomic E-state index is -0.908. The number of carbonyl (C=O) groups excluding carboxylic acids is 3. The van der Waals surface area contributed by atoms with Gasteiger partial charge in [-0.2, -0.15) is 0 Å². The maximum Gasteiger partial charge on any atom is 0.325 e. The lowest BCUT2D eigenvalue weighted by molar-refractivity contribution is -0.133. The Bertz CT molecular complexity index is 1030. The topological polar surface area (TPSA) is 69.7 Å². The summed E-state index contributed by atoms with van der Waals surface area (Å²) in [6.07, 6.45) is 0.849. The van der Waals surface area contributed by atoms with Crippen LogP contribution in [0.1, 0.15) is 60.7 Å². The van der Waals surface area contributed by atoms with Crippen LogP contribution in [-0.4, -0.2) is 46.3 Å². The molecule has 2 saturated heterocycles. The monoisotopic (exact) mass is 433 g/mol. The number of urea groups is 1. The van der Waals surface area contributed by atoms with Gasteiger partial charge in [0.25, 0.3) is 11.8 Å². The Morgan fingerprint density at radius 1 is 0.969 bits per heavy atom. The van der Waals surface area contributed by atoms with Crippen molar-refractivity contribution in [3.05, 3.63) is 70.8 Å². The van der Waals surface area contributed by atoms with Crippen LogP contribution in [-0.2, 0) is 16.8 Å². The summed E-state index contributed by atoms with van der Waals surface area (Å²) >= 11 is 0. The van der Waals surface area contributed by atoms with E-state index >= 15 is 0 Å². The SMILES string of the molecule is Cc1ccc(CN2C(=O)NC3(CCN(C(=O)c4ccc(C(C)(C)C)cc4)CC3)C2=O)cc1. The number of nitrogens with zero attached hydrogens (tertiary/aromatic N) is 2. The van der Waals surface area contributed by atoms with E-state index in [4.69, 9.17) is 0 Å². The highest BCUT2D eigenvalue weighted by atomic mass is 16.2. The number of benzene rings is 2. The fourth-order valence-electron chi connectivity index (χ4n) is 4.42. The van der Waals surface area contributed by atoms with E-state index in [9.17, 15) is 14.4 Å². The van der Waals surface area contributed by atoms with Crippen molar-refractivity contribution in [3.63, 3.8) is 0 Å². The van der Waals surface area contributed by atoms with Crippen LogP contribution in [0.3, 0.4) is 0 Å². The summed E-state index contributed by atoms with van der Waals surface area (Å²) in [5.41, 5.74) is 3.01. The number of rotatable bonds is 3. The molecule has 1 spiro atoms. The minimum absolute atomic E-state index is 0.0323. The van der Waals surface area contributed by atoms with Gasteiger partial charge in [-0.25, -0.2) is 4.79 Å². The highest BCUT2D eigenvalue weighted by Crippen LogP contribution is 2.31. The zero-order valence-electron chi connectivity index (χ0n) is 19.3. The van der Waals surface area contributed by atoms with E-state index in [0.29, 0.717) is 31.5 Å². The highest BCUT2D eigenvalue weighted by Gasteiger charge is 2.52. The summed E-state index contributed by atoms with van der Waals surface area (Å²) in [6.45, 7) is 9.55. The lowest BCUT2D eigenvalue weighted by Gasteiger charge is -2.37. The van der Waals surface area contributed by atoms with E-state index in [1.807, 2.05) is 55.5 Å². The van der Waals surface area contributed by atoms with Gasteiger partial charge in [0.1, 0.15) is 5.54 Å². The van der Waals surface area contributed by atoms with Gasteiger partial charge < -0.3 is 10.2 Å². The average Bonchev–Trinajstić information content (AvgIpc) is 2.99. The first-order valence-corrected chi connectivity index (χ1v) is 11.2. The van der Waals surface area contributed by atoms with Crippen LogP contribution in [0.25, 0.3) is 0 Å². The van der Waals surface area contributed by atoms with E-state index in [0.717, 1.165) is 11.1 Å². The summed E-state index contributed by atoms with van der Waals surface area (Å²) in [5.74, 6) is -0.224. The number of hydrogen-bond acceptors (Lipinski definition) is 3. The minimum Gasteiger partial charge on any atom is -0.338 e. The highest BCUT2D eigenvalue weighted by molar-refractivity contribution is 6.07. The molecule has 0 atom stereocenters. The number of amides is 4.